The van der Waals surface area contributed by atoms with Crippen molar-refractivity contribution in [2.24, 2.45) is 11.8 Å². The van der Waals surface area contributed by atoms with E-state index in [9.17, 15) is 10.2 Å². The fourth-order valence-corrected chi connectivity index (χ4v) is 13.6. The summed E-state index contributed by atoms with van der Waals surface area (Å²) in [5.41, 5.74) is 16.5. The largest absolute Gasteiger partial charge is 1.00 e. The van der Waals surface area contributed by atoms with Crippen molar-refractivity contribution >= 4 is 0 Å². The molecule has 0 aliphatic heterocycles. The van der Waals surface area contributed by atoms with Crippen LogP contribution >= 0.6 is 0 Å². The first-order chi connectivity index (χ1) is 43.7. The van der Waals surface area contributed by atoms with Crippen LogP contribution in [0.1, 0.15) is 206 Å². The molecule has 0 saturated heterocycles. The van der Waals surface area contributed by atoms with Crippen molar-refractivity contribution < 1.29 is 71.4 Å². The van der Waals surface area contributed by atoms with Crippen LogP contribution in [0.4, 0.5) is 0 Å². The van der Waals surface area contributed by atoms with E-state index in [1.54, 1.807) is 0 Å². The molecule has 90 heavy (non-hydrogen) atoms. The first-order valence-electron chi connectivity index (χ1n) is 32.8. The van der Waals surface area contributed by atoms with Crippen LogP contribution in [0.25, 0.3) is 0 Å². The van der Waals surface area contributed by atoms with Gasteiger partial charge in [-0.05, 0) is 92.1 Å². The van der Waals surface area contributed by atoms with Gasteiger partial charge >= 0.3 is 51.4 Å². The molecule has 0 fully saturated rings. The van der Waals surface area contributed by atoms with Crippen LogP contribution in [0.5, 0.6) is 11.5 Å². The Kier molecular flexibility index (Phi) is 29.6. The standard InChI is InChI=1S/C43H48O2.C41H44O.CH3O.K/c1-4-18-33(5-2)29-32(3)38-30-39(41(34-19-10-6-11-20-34)35-21-12-7-13-22-35)43(45-28-27-44)40(31-38)42(36-23-14-8-15-24-36)37-25-16-9-17-26-37;1-4-18-31(5-2)27-30(3)36-28-37(39(32-19-10-6-11-20-32)33-21-12-7-13-22-33)41(42)38(29-36)40(34-23-14-8-15-24-34)35-25-16-9-17-26-35;1-2;/h6-17,19-26,30-33,41-42,44H,4-5,18,27-29H2,1-3H3;6-17,19-26,28-31,39-40,42H,4-5,18,27H2,1-3H3;1H3;/q;;-1;+1. The van der Waals surface area contributed by atoms with E-state index in [0.29, 0.717) is 29.4 Å². The Hall–Kier alpha value is -6.64. The van der Waals surface area contributed by atoms with Crippen molar-refractivity contribution in [1.29, 1.82) is 0 Å². The Labute approximate surface area is 582 Å². The van der Waals surface area contributed by atoms with Gasteiger partial charge in [0.2, 0.25) is 0 Å². The minimum atomic E-state index is -0.0805. The van der Waals surface area contributed by atoms with E-state index >= 15 is 0 Å². The molecule has 0 heterocycles. The molecule has 0 aliphatic carbocycles. The second-order valence-corrected chi connectivity index (χ2v) is 24.1. The predicted octanol–water partition coefficient (Wildman–Crippen LogP) is 17.8. The van der Waals surface area contributed by atoms with E-state index in [1.807, 2.05) is 0 Å². The summed E-state index contributed by atoms with van der Waals surface area (Å²) in [6, 6.07) is 95.1. The molecular weight excluding hydrogens is 1120 g/mol. The van der Waals surface area contributed by atoms with Gasteiger partial charge in [0.15, 0.2) is 0 Å². The number of hydrogen-bond acceptors (Lipinski definition) is 4. The van der Waals surface area contributed by atoms with Crippen LogP contribution in [0.2, 0.25) is 0 Å². The molecule has 0 aromatic heterocycles. The van der Waals surface area contributed by atoms with Gasteiger partial charge in [-0.25, -0.2) is 0 Å². The number of aliphatic hydroxyl groups excluding tert-OH is 1. The van der Waals surface area contributed by atoms with Gasteiger partial charge in [0.05, 0.1) is 6.61 Å². The molecule has 2 N–H and O–H groups in total. The number of hydrogen-bond donors (Lipinski definition) is 2. The van der Waals surface area contributed by atoms with Crippen molar-refractivity contribution in [3.05, 3.63) is 345 Å². The molecule has 10 rings (SSSR count). The molecule has 4 unspecified atom stereocenters. The molecule has 4 atom stereocenters. The van der Waals surface area contributed by atoms with Crippen molar-refractivity contribution in [3.8, 4) is 11.5 Å². The third-order valence-corrected chi connectivity index (χ3v) is 18.1. The Morgan fingerprint density at radius 1 is 0.344 bits per heavy atom. The maximum atomic E-state index is 12.4. The summed E-state index contributed by atoms with van der Waals surface area (Å²) in [4.78, 5) is 0. The smallest absolute Gasteiger partial charge is 0.857 e. The van der Waals surface area contributed by atoms with E-state index < -0.39 is 0 Å². The van der Waals surface area contributed by atoms with Gasteiger partial charge in [0, 0.05) is 45.9 Å². The molecule has 460 valence electrons. The Balaban J connectivity index is 0.000000247. The number of ether oxygens (including phenoxy) is 1. The van der Waals surface area contributed by atoms with Crippen molar-refractivity contribution in [2.75, 3.05) is 20.3 Å². The van der Waals surface area contributed by atoms with Gasteiger partial charge in [0.1, 0.15) is 18.1 Å². The van der Waals surface area contributed by atoms with E-state index in [1.165, 1.54) is 94.2 Å². The summed E-state index contributed by atoms with van der Waals surface area (Å²) >= 11 is 0. The Morgan fingerprint density at radius 3 is 0.778 bits per heavy atom. The van der Waals surface area contributed by atoms with Crippen LogP contribution in [0.15, 0.2) is 267 Å². The fourth-order valence-electron chi connectivity index (χ4n) is 13.6. The molecule has 0 radical (unpaired) electrons. The fraction of sp³-hybridized carbons (Fsp3) is 0.294. The van der Waals surface area contributed by atoms with Gasteiger partial charge in [-0.3, -0.25) is 0 Å². The summed E-state index contributed by atoms with van der Waals surface area (Å²) in [5.74, 6) is 3.19. The summed E-state index contributed by atoms with van der Waals surface area (Å²) in [5, 5.41) is 30.7. The quantitative estimate of drug-likeness (QED) is 0.0397. The predicted molar refractivity (Wildman–Crippen MR) is 372 cm³/mol. The summed E-state index contributed by atoms with van der Waals surface area (Å²) in [6.07, 6.45) is 9.64. The van der Waals surface area contributed by atoms with Gasteiger partial charge in [-0.15, -0.1) is 0 Å². The maximum Gasteiger partial charge on any atom is 1.00 e. The minimum absolute atomic E-state index is 0. The van der Waals surface area contributed by atoms with E-state index in [4.69, 9.17) is 9.84 Å². The monoisotopic (exact) mass is 1220 g/mol. The number of aromatic hydroxyl groups is 1. The number of benzene rings is 10. The zero-order valence-electron chi connectivity index (χ0n) is 54.8. The average Bonchev–Trinajstić information content (AvgIpc) is 1.80. The molecule has 10 aromatic carbocycles. The van der Waals surface area contributed by atoms with Crippen LogP contribution in [-0.4, -0.2) is 30.5 Å². The van der Waals surface area contributed by atoms with Crippen molar-refractivity contribution in [3.63, 3.8) is 0 Å². The number of aliphatic hydroxyl groups is 1. The molecule has 10 aromatic rings. The maximum absolute atomic E-state index is 12.4. The van der Waals surface area contributed by atoms with E-state index in [-0.39, 0.29) is 88.3 Å². The van der Waals surface area contributed by atoms with E-state index in [0.717, 1.165) is 48.0 Å². The number of phenols is 1. The Bertz CT molecular complexity index is 3200. The van der Waals surface area contributed by atoms with Crippen molar-refractivity contribution in [2.45, 2.75) is 128 Å². The van der Waals surface area contributed by atoms with Crippen LogP contribution in [-0.2, 0) is 0 Å². The average molecular weight is 1220 g/mol. The zero-order valence-corrected chi connectivity index (χ0v) is 57.9. The molecular formula is C85H95KO4. The van der Waals surface area contributed by atoms with Gasteiger partial charge in [0.25, 0.3) is 0 Å². The molecule has 0 bridgehead atoms. The van der Waals surface area contributed by atoms with Crippen molar-refractivity contribution in [1.82, 2.24) is 0 Å². The van der Waals surface area contributed by atoms with Gasteiger partial charge in [-0.2, -0.15) is 7.11 Å². The number of rotatable bonds is 27. The van der Waals surface area contributed by atoms with E-state index in [2.05, 4.69) is 308 Å². The van der Waals surface area contributed by atoms with Gasteiger partial charge < -0.3 is 20.1 Å². The molecule has 0 aliphatic rings. The molecule has 0 amide bonds. The molecule has 0 spiro atoms. The van der Waals surface area contributed by atoms with Crippen LogP contribution < -0.4 is 61.2 Å². The number of phenolic OH excluding ortho intramolecular Hbond substituents is 1. The molecule has 4 nitrogen and oxygen atoms in total. The zero-order chi connectivity index (χ0) is 62.7. The SMILES string of the molecule is CCCC(CC)CC(C)c1cc(C(c2ccccc2)c2ccccc2)c(O)c(C(c2ccccc2)c2ccccc2)c1.CCCC(CC)CC(C)c1cc(C(c2ccccc2)c2ccccc2)c(OCCO)c(C(c2ccccc2)c2ccccc2)c1.C[O-].[K+]. The third kappa shape index (κ3) is 18.8. The molecule has 0 saturated carbocycles. The molecule has 5 heteroatoms. The second kappa shape index (κ2) is 37.6. The van der Waals surface area contributed by atoms with Crippen LogP contribution in [0.3, 0.4) is 0 Å². The van der Waals surface area contributed by atoms with Crippen LogP contribution in [0, 0.1) is 11.8 Å². The Morgan fingerprint density at radius 2 is 0.567 bits per heavy atom. The first-order valence-corrected chi connectivity index (χ1v) is 32.8. The minimum Gasteiger partial charge on any atom is -0.857 e. The van der Waals surface area contributed by atoms with Gasteiger partial charge in [-0.1, -0.05) is 347 Å². The normalized spacial score (nSPS) is 12.5. The summed E-state index contributed by atoms with van der Waals surface area (Å²) in [7, 11) is 0.750. The second-order valence-electron chi connectivity index (χ2n) is 24.1. The first kappa shape index (κ1) is 70.8. The summed E-state index contributed by atoms with van der Waals surface area (Å²) < 4.78 is 6.69. The summed E-state index contributed by atoms with van der Waals surface area (Å²) in [6.45, 7) is 14.2. The third-order valence-electron chi connectivity index (χ3n) is 18.1. The topological polar surface area (TPSA) is 72.8 Å².